The van der Waals surface area contributed by atoms with Crippen LogP contribution in [-0.4, -0.2) is 18.6 Å². The molecule has 0 N–H and O–H groups in total. The maximum atomic E-state index is 12.2. The number of alkyl halides is 2. The van der Waals surface area contributed by atoms with Crippen molar-refractivity contribution in [2.24, 2.45) is 0 Å². The first-order valence-corrected chi connectivity index (χ1v) is 3.99. The maximum Gasteiger partial charge on any atom is 0.268 e. The second-order valence-corrected chi connectivity index (χ2v) is 2.82. The van der Waals surface area contributed by atoms with Gasteiger partial charge in [0.2, 0.25) is 0 Å². The van der Waals surface area contributed by atoms with Crippen molar-refractivity contribution in [3.63, 3.8) is 0 Å². The van der Waals surface area contributed by atoms with Gasteiger partial charge in [0.1, 0.15) is 6.61 Å². The van der Waals surface area contributed by atoms with E-state index in [1.54, 1.807) is 0 Å². The molecular formula is C8H16F2O. The van der Waals surface area contributed by atoms with Gasteiger partial charge in [0.25, 0.3) is 5.92 Å². The Hall–Kier alpha value is -0.180. The van der Waals surface area contributed by atoms with Gasteiger partial charge in [0.15, 0.2) is 0 Å². The van der Waals surface area contributed by atoms with Crippen molar-refractivity contribution in [3.8, 4) is 0 Å². The molecular weight excluding hydrogens is 150 g/mol. The molecule has 0 spiro atoms. The average molecular weight is 166 g/mol. The Kier molecular flexibility index (Phi) is 4.57. The van der Waals surface area contributed by atoms with Crippen LogP contribution in [0.25, 0.3) is 0 Å². The summed E-state index contributed by atoms with van der Waals surface area (Å²) in [5, 5.41) is 0. The molecule has 1 nitrogen and oxygen atoms in total. The van der Waals surface area contributed by atoms with Crippen molar-refractivity contribution in [2.45, 2.75) is 45.6 Å². The van der Waals surface area contributed by atoms with Crippen LogP contribution in [-0.2, 0) is 4.74 Å². The van der Waals surface area contributed by atoms with E-state index in [4.69, 9.17) is 4.74 Å². The topological polar surface area (TPSA) is 9.23 Å². The normalized spacial score (nSPS) is 12.5. The van der Waals surface area contributed by atoms with Gasteiger partial charge in [-0.25, -0.2) is 8.78 Å². The molecule has 0 rings (SSSR count). The first-order valence-electron chi connectivity index (χ1n) is 3.99. The van der Waals surface area contributed by atoms with Gasteiger partial charge < -0.3 is 4.74 Å². The van der Waals surface area contributed by atoms with E-state index in [0.29, 0.717) is 0 Å². The van der Waals surface area contributed by atoms with Gasteiger partial charge in [-0.1, -0.05) is 13.8 Å². The fraction of sp³-hybridized carbons (Fsp3) is 1.00. The van der Waals surface area contributed by atoms with Gasteiger partial charge in [-0.15, -0.1) is 0 Å². The molecule has 3 heteroatoms. The summed E-state index contributed by atoms with van der Waals surface area (Å²) >= 11 is 0. The molecule has 0 saturated heterocycles. The van der Waals surface area contributed by atoms with Crippen LogP contribution in [0.3, 0.4) is 0 Å². The van der Waals surface area contributed by atoms with Gasteiger partial charge in [0.05, 0.1) is 6.10 Å². The second-order valence-electron chi connectivity index (χ2n) is 2.82. The standard InChI is InChI=1S/C8H16F2O/c1-4-7(5-2)11-6-8(3,9)10/h7H,4-6H2,1-3H3. The summed E-state index contributed by atoms with van der Waals surface area (Å²) in [7, 11) is 0. The summed E-state index contributed by atoms with van der Waals surface area (Å²) < 4.78 is 29.4. The van der Waals surface area contributed by atoms with Crippen molar-refractivity contribution in [1.82, 2.24) is 0 Å². The van der Waals surface area contributed by atoms with Crippen LogP contribution in [0.4, 0.5) is 8.78 Å². The van der Waals surface area contributed by atoms with E-state index in [-0.39, 0.29) is 6.10 Å². The van der Waals surface area contributed by atoms with Gasteiger partial charge >= 0.3 is 0 Å². The van der Waals surface area contributed by atoms with Crippen molar-refractivity contribution in [2.75, 3.05) is 6.61 Å². The minimum atomic E-state index is -2.69. The molecule has 0 aromatic heterocycles. The number of ether oxygens (including phenoxy) is 1. The smallest absolute Gasteiger partial charge is 0.268 e. The van der Waals surface area contributed by atoms with Crippen LogP contribution in [0.1, 0.15) is 33.6 Å². The molecule has 0 amide bonds. The van der Waals surface area contributed by atoms with E-state index in [9.17, 15) is 8.78 Å². The lowest BCUT2D eigenvalue weighted by molar-refractivity contribution is -0.0883. The quantitative estimate of drug-likeness (QED) is 0.610. The molecule has 0 heterocycles. The zero-order valence-corrected chi connectivity index (χ0v) is 7.36. The van der Waals surface area contributed by atoms with Gasteiger partial charge in [-0.05, 0) is 12.8 Å². The molecule has 0 aliphatic carbocycles. The highest BCUT2D eigenvalue weighted by molar-refractivity contribution is 4.58. The molecule has 0 unspecified atom stereocenters. The highest BCUT2D eigenvalue weighted by atomic mass is 19.3. The molecule has 0 radical (unpaired) electrons. The number of rotatable bonds is 5. The summed E-state index contributed by atoms with van der Waals surface area (Å²) in [6.07, 6.45) is 1.58. The largest absolute Gasteiger partial charge is 0.372 e. The van der Waals surface area contributed by atoms with E-state index in [1.165, 1.54) is 0 Å². The third-order valence-electron chi connectivity index (χ3n) is 1.48. The molecule has 0 aromatic carbocycles. The Morgan fingerprint density at radius 1 is 1.27 bits per heavy atom. The molecule has 11 heavy (non-hydrogen) atoms. The number of hydrogen-bond acceptors (Lipinski definition) is 1. The lowest BCUT2D eigenvalue weighted by atomic mass is 10.2. The third kappa shape index (κ3) is 6.23. The Bertz CT molecular complexity index is 94.8. The Balaban J connectivity index is 3.51. The zero-order chi connectivity index (χ0) is 8.91. The lowest BCUT2D eigenvalue weighted by Gasteiger charge is -2.17. The van der Waals surface area contributed by atoms with E-state index in [1.807, 2.05) is 13.8 Å². The van der Waals surface area contributed by atoms with Crippen molar-refractivity contribution >= 4 is 0 Å². The van der Waals surface area contributed by atoms with Gasteiger partial charge in [-0.3, -0.25) is 0 Å². The van der Waals surface area contributed by atoms with Gasteiger partial charge in [-0.2, -0.15) is 0 Å². The van der Waals surface area contributed by atoms with Crippen LogP contribution < -0.4 is 0 Å². The SMILES string of the molecule is CCC(CC)OCC(C)(F)F. The zero-order valence-electron chi connectivity index (χ0n) is 7.36. The molecule has 0 aliphatic heterocycles. The van der Waals surface area contributed by atoms with E-state index >= 15 is 0 Å². The molecule has 0 aromatic rings. The molecule has 0 aliphatic rings. The number of hydrogen-bond donors (Lipinski definition) is 0. The Morgan fingerprint density at radius 2 is 1.73 bits per heavy atom. The molecule has 0 saturated carbocycles. The monoisotopic (exact) mass is 166 g/mol. The van der Waals surface area contributed by atoms with Crippen LogP contribution in [0, 0.1) is 0 Å². The maximum absolute atomic E-state index is 12.2. The first-order chi connectivity index (χ1) is 4.99. The molecule has 0 fully saturated rings. The van der Waals surface area contributed by atoms with Crippen LogP contribution >= 0.6 is 0 Å². The average Bonchev–Trinajstić information content (AvgIpc) is 1.88. The summed E-state index contributed by atoms with van der Waals surface area (Å²) in [4.78, 5) is 0. The number of halogens is 2. The third-order valence-corrected chi connectivity index (χ3v) is 1.48. The van der Waals surface area contributed by atoms with E-state index in [0.717, 1.165) is 19.8 Å². The van der Waals surface area contributed by atoms with Crippen LogP contribution in [0.15, 0.2) is 0 Å². The fourth-order valence-corrected chi connectivity index (χ4v) is 0.789. The van der Waals surface area contributed by atoms with Crippen LogP contribution in [0.2, 0.25) is 0 Å². The summed E-state index contributed by atoms with van der Waals surface area (Å²) in [6, 6.07) is 0. The Morgan fingerprint density at radius 3 is 2.00 bits per heavy atom. The van der Waals surface area contributed by atoms with Crippen molar-refractivity contribution < 1.29 is 13.5 Å². The first kappa shape index (κ1) is 10.8. The van der Waals surface area contributed by atoms with E-state index < -0.39 is 12.5 Å². The second kappa shape index (κ2) is 4.65. The Labute approximate surface area is 66.7 Å². The lowest BCUT2D eigenvalue weighted by Crippen LogP contribution is -2.23. The van der Waals surface area contributed by atoms with Crippen LogP contribution in [0.5, 0.6) is 0 Å². The molecule has 0 bridgehead atoms. The van der Waals surface area contributed by atoms with Crippen molar-refractivity contribution in [3.05, 3.63) is 0 Å². The van der Waals surface area contributed by atoms with Crippen molar-refractivity contribution in [1.29, 1.82) is 0 Å². The molecule has 68 valence electrons. The summed E-state index contributed by atoms with van der Waals surface area (Å²) in [5.41, 5.74) is 0. The highest BCUT2D eigenvalue weighted by Gasteiger charge is 2.22. The highest BCUT2D eigenvalue weighted by Crippen LogP contribution is 2.14. The summed E-state index contributed by atoms with van der Waals surface area (Å²) in [6.45, 7) is 4.28. The minimum absolute atomic E-state index is 0.0131. The predicted octanol–water partition coefficient (Wildman–Crippen LogP) is 2.85. The van der Waals surface area contributed by atoms with Gasteiger partial charge in [0, 0.05) is 6.92 Å². The fourth-order valence-electron chi connectivity index (χ4n) is 0.789. The predicted molar refractivity (Wildman–Crippen MR) is 40.9 cm³/mol. The molecule has 0 atom stereocenters. The summed E-state index contributed by atoms with van der Waals surface area (Å²) in [5.74, 6) is -2.69. The van der Waals surface area contributed by atoms with E-state index in [2.05, 4.69) is 0 Å². The minimum Gasteiger partial charge on any atom is -0.372 e.